The molecule has 0 amide bonds. The summed E-state index contributed by atoms with van der Waals surface area (Å²) in [7, 11) is 0. The minimum absolute atomic E-state index is 0.178. The summed E-state index contributed by atoms with van der Waals surface area (Å²) in [5.41, 5.74) is 3.20. The number of aryl methyl sites for hydroxylation is 1. The molecule has 0 atom stereocenters. The molecule has 0 bridgehead atoms. The summed E-state index contributed by atoms with van der Waals surface area (Å²) in [6, 6.07) is 15.6. The van der Waals surface area contributed by atoms with E-state index < -0.39 is 17.5 Å². The zero-order valence-corrected chi connectivity index (χ0v) is 12.6. The molecule has 0 saturated carbocycles. The summed E-state index contributed by atoms with van der Waals surface area (Å²) in [6.07, 6.45) is 0.943. The molecule has 0 saturated heterocycles. The zero-order chi connectivity index (χ0) is 16.4. The normalized spacial score (nSPS) is 10.8. The van der Waals surface area contributed by atoms with Gasteiger partial charge in [-0.15, -0.1) is 0 Å². The van der Waals surface area contributed by atoms with Gasteiger partial charge < -0.3 is 0 Å². The van der Waals surface area contributed by atoms with Gasteiger partial charge in [0.25, 0.3) is 0 Å². The van der Waals surface area contributed by atoms with Crippen molar-refractivity contribution in [2.45, 2.75) is 13.3 Å². The molecule has 0 aliphatic heterocycles. The Hall–Kier alpha value is -2.55. The lowest BCUT2D eigenvalue weighted by molar-refractivity contribution is 0.583. The lowest BCUT2D eigenvalue weighted by atomic mass is 9.98. The lowest BCUT2D eigenvalue weighted by Crippen LogP contribution is -1.89. The van der Waals surface area contributed by atoms with Crippen LogP contribution in [0.25, 0.3) is 22.3 Å². The quantitative estimate of drug-likeness (QED) is 0.556. The maximum Gasteiger partial charge on any atom is 0.131 e. The average molecular weight is 312 g/mol. The van der Waals surface area contributed by atoms with Crippen molar-refractivity contribution in [2.24, 2.45) is 0 Å². The minimum Gasteiger partial charge on any atom is -0.207 e. The lowest BCUT2D eigenvalue weighted by Gasteiger charge is -2.08. The summed E-state index contributed by atoms with van der Waals surface area (Å²) >= 11 is 0. The fourth-order valence-corrected chi connectivity index (χ4v) is 2.57. The fraction of sp³-hybridized carbons (Fsp3) is 0.100. The second kappa shape index (κ2) is 6.29. The monoisotopic (exact) mass is 312 g/mol. The van der Waals surface area contributed by atoms with E-state index in [0.717, 1.165) is 35.7 Å². The third kappa shape index (κ3) is 3.29. The number of rotatable bonds is 3. The van der Waals surface area contributed by atoms with Crippen LogP contribution < -0.4 is 0 Å². The van der Waals surface area contributed by atoms with Crippen LogP contribution in [0.1, 0.15) is 12.5 Å². The van der Waals surface area contributed by atoms with E-state index >= 15 is 0 Å². The van der Waals surface area contributed by atoms with E-state index in [1.165, 1.54) is 11.6 Å². The smallest absolute Gasteiger partial charge is 0.131 e. The molecule has 0 unspecified atom stereocenters. The van der Waals surface area contributed by atoms with E-state index in [0.29, 0.717) is 0 Å². The van der Waals surface area contributed by atoms with Gasteiger partial charge in [-0.25, -0.2) is 13.2 Å². The first-order chi connectivity index (χ1) is 11.1. The maximum absolute atomic E-state index is 14.4. The van der Waals surface area contributed by atoms with Crippen LogP contribution in [-0.2, 0) is 6.42 Å². The molecular weight excluding hydrogens is 297 g/mol. The van der Waals surface area contributed by atoms with Crippen LogP contribution in [0.4, 0.5) is 13.2 Å². The highest BCUT2D eigenvalue weighted by atomic mass is 19.1. The van der Waals surface area contributed by atoms with Gasteiger partial charge in [0.1, 0.15) is 17.5 Å². The summed E-state index contributed by atoms with van der Waals surface area (Å²) in [4.78, 5) is 0. The predicted octanol–water partition coefficient (Wildman–Crippen LogP) is 6.00. The minimum atomic E-state index is -0.723. The Kier molecular flexibility index (Phi) is 4.20. The largest absolute Gasteiger partial charge is 0.207 e. The average Bonchev–Trinajstić information content (AvgIpc) is 2.54. The van der Waals surface area contributed by atoms with Crippen molar-refractivity contribution in [2.75, 3.05) is 0 Å². The van der Waals surface area contributed by atoms with Crippen molar-refractivity contribution < 1.29 is 13.2 Å². The van der Waals surface area contributed by atoms with Crippen molar-refractivity contribution in [3.63, 3.8) is 0 Å². The second-order valence-corrected chi connectivity index (χ2v) is 5.40. The van der Waals surface area contributed by atoms with Crippen LogP contribution in [0.3, 0.4) is 0 Å². The Morgan fingerprint density at radius 1 is 0.652 bits per heavy atom. The third-order valence-electron chi connectivity index (χ3n) is 3.84. The van der Waals surface area contributed by atoms with Gasteiger partial charge in [0, 0.05) is 11.6 Å². The summed E-state index contributed by atoms with van der Waals surface area (Å²) in [5, 5.41) is 0. The van der Waals surface area contributed by atoms with E-state index in [1.54, 1.807) is 12.1 Å². The van der Waals surface area contributed by atoms with Crippen molar-refractivity contribution in [1.29, 1.82) is 0 Å². The first-order valence-electron chi connectivity index (χ1n) is 7.42. The topological polar surface area (TPSA) is 0 Å². The van der Waals surface area contributed by atoms with Gasteiger partial charge in [-0.2, -0.15) is 0 Å². The highest BCUT2D eigenvalue weighted by molar-refractivity contribution is 5.71. The molecule has 0 fully saturated rings. The predicted molar refractivity (Wildman–Crippen MR) is 86.6 cm³/mol. The number of halogens is 3. The molecule has 0 radical (unpaired) electrons. The van der Waals surface area contributed by atoms with Crippen molar-refractivity contribution in [1.82, 2.24) is 0 Å². The van der Waals surface area contributed by atoms with E-state index in [4.69, 9.17) is 0 Å². The summed E-state index contributed by atoms with van der Waals surface area (Å²) in [6.45, 7) is 2.07. The Balaban J connectivity index is 1.99. The first kappa shape index (κ1) is 15.3. The SMILES string of the molecule is CCc1ccc(-c2ccc(-c3cc(F)cc(F)c3)c(F)c2)cc1. The highest BCUT2D eigenvalue weighted by Gasteiger charge is 2.10. The molecule has 3 heteroatoms. The van der Waals surface area contributed by atoms with Crippen molar-refractivity contribution in [3.8, 4) is 22.3 Å². The molecule has 0 aromatic heterocycles. The number of hydrogen-bond donors (Lipinski definition) is 0. The van der Waals surface area contributed by atoms with Gasteiger partial charge in [0.15, 0.2) is 0 Å². The van der Waals surface area contributed by atoms with Crippen LogP contribution in [0.5, 0.6) is 0 Å². The highest BCUT2D eigenvalue weighted by Crippen LogP contribution is 2.29. The molecule has 23 heavy (non-hydrogen) atoms. The van der Waals surface area contributed by atoms with Crippen LogP contribution in [0.2, 0.25) is 0 Å². The molecule has 0 N–H and O–H groups in total. The van der Waals surface area contributed by atoms with Gasteiger partial charge in [-0.1, -0.05) is 43.3 Å². The van der Waals surface area contributed by atoms with E-state index in [9.17, 15) is 13.2 Å². The third-order valence-corrected chi connectivity index (χ3v) is 3.84. The van der Waals surface area contributed by atoms with Gasteiger partial charge in [0.2, 0.25) is 0 Å². The molecule has 0 aliphatic rings. The number of hydrogen-bond acceptors (Lipinski definition) is 0. The van der Waals surface area contributed by atoms with Gasteiger partial charge in [-0.3, -0.25) is 0 Å². The first-order valence-corrected chi connectivity index (χ1v) is 7.42. The standard InChI is InChI=1S/C20H15F3/c1-2-13-3-5-14(6-4-13)15-7-8-19(20(23)11-15)16-9-17(21)12-18(22)10-16/h3-12H,2H2,1H3. The van der Waals surface area contributed by atoms with Gasteiger partial charge >= 0.3 is 0 Å². The molecule has 0 nitrogen and oxygen atoms in total. The fourth-order valence-electron chi connectivity index (χ4n) is 2.57. The van der Waals surface area contributed by atoms with Crippen molar-refractivity contribution >= 4 is 0 Å². The Morgan fingerprint density at radius 3 is 1.83 bits per heavy atom. The molecule has 3 rings (SSSR count). The summed E-state index contributed by atoms with van der Waals surface area (Å²) in [5.74, 6) is -1.95. The molecular formula is C20H15F3. The van der Waals surface area contributed by atoms with Crippen LogP contribution in [-0.4, -0.2) is 0 Å². The van der Waals surface area contributed by atoms with Crippen molar-refractivity contribution in [3.05, 3.63) is 83.7 Å². The van der Waals surface area contributed by atoms with Crippen LogP contribution >= 0.6 is 0 Å². The van der Waals surface area contributed by atoms with Gasteiger partial charge in [0.05, 0.1) is 0 Å². The van der Waals surface area contributed by atoms with E-state index in [-0.39, 0.29) is 11.1 Å². The number of benzene rings is 3. The Morgan fingerprint density at radius 2 is 1.26 bits per heavy atom. The molecule has 0 heterocycles. The molecule has 3 aromatic carbocycles. The summed E-state index contributed by atoms with van der Waals surface area (Å²) < 4.78 is 41.0. The molecule has 3 aromatic rings. The molecule has 0 spiro atoms. The Bertz CT molecular complexity index is 816. The zero-order valence-electron chi connectivity index (χ0n) is 12.6. The molecule has 0 aliphatic carbocycles. The molecule has 116 valence electrons. The van der Waals surface area contributed by atoms with Gasteiger partial charge in [-0.05, 0) is 46.9 Å². The van der Waals surface area contributed by atoms with E-state index in [2.05, 4.69) is 6.92 Å². The maximum atomic E-state index is 14.4. The van der Waals surface area contributed by atoms with E-state index in [1.807, 2.05) is 24.3 Å². The second-order valence-electron chi connectivity index (χ2n) is 5.40. The van der Waals surface area contributed by atoms with Crippen LogP contribution in [0, 0.1) is 17.5 Å². The Labute approximate surface area is 133 Å². The van der Waals surface area contributed by atoms with Crippen LogP contribution in [0.15, 0.2) is 60.7 Å².